The number of aromatic nitrogens is 2. The van der Waals surface area contributed by atoms with Crippen molar-refractivity contribution in [3.8, 4) is 0 Å². The number of alkyl halides is 3. The normalized spacial score (nSPS) is 11.5. The summed E-state index contributed by atoms with van der Waals surface area (Å²) >= 11 is 0. The quantitative estimate of drug-likeness (QED) is 0.555. The van der Waals surface area contributed by atoms with E-state index in [1.54, 1.807) is 0 Å². The van der Waals surface area contributed by atoms with Crippen molar-refractivity contribution < 1.29 is 22.9 Å². The van der Waals surface area contributed by atoms with Crippen LogP contribution in [0.3, 0.4) is 0 Å². The van der Waals surface area contributed by atoms with Gasteiger partial charge in [0.15, 0.2) is 0 Å². The fraction of sp³-hybridized carbons (Fsp3) is 0.0667. The van der Waals surface area contributed by atoms with Gasteiger partial charge in [0.25, 0.3) is 11.6 Å². The minimum Gasteiger partial charge on any atom is -0.322 e. The molecule has 0 radical (unpaired) electrons. The lowest BCUT2D eigenvalue weighted by Gasteiger charge is -2.10. The van der Waals surface area contributed by atoms with Crippen molar-refractivity contribution in [2.75, 3.05) is 5.32 Å². The third kappa shape index (κ3) is 3.27. The lowest BCUT2D eigenvalue weighted by molar-refractivity contribution is -0.384. The zero-order chi connectivity index (χ0) is 18.2. The number of nitrogens with zero attached hydrogens (tertiary/aromatic N) is 2. The van der Waals surface area contributed by atoms with Crippen molar-refractivity contribution in [3.63, 3.8) is 0 Å². The Morgan fingerprint density at radius 2 is 2.00 bits per heavy atom. The van der Waals surface area contributed by atoms with E-state index < -0.39 is 22.6 Å². The molecule has 3 rings (SSSR count). The lowest BCUT2D eigenvalue weighted by Crippen LogP contribution is -2.14. The number of H-pyrrole nitrogens is 1. The SMILES string of the molecule is O=C(Nc1cccc(C(F)(F)F)c1)c1cc([N+](=O)[O-])cc2cn[nH]c12. The topological polar surface area (TPSA) is 101 Å². The molecule has 2 aromatic carbocycles. The average Bonchev–Trinajstić information content (AvgIpc) is 3.01. The number of hydrogen-bond acceptors (Lipinski definition) is 4. The van der Waals surface area contributed by atoms with E-state index in [-0.39, 0.29) is 22.5 Å². The Hall–Kier alpha value is -3.43. The van der Waals surface area contributed by atoms with Gasteiger partial charge in [-0.1, -0.05) is 6.07 Å². The van der Waals surface area contributed by atoms with E-state index in [2.05, 4.69) is 15.5 Å². The first-order valence-electron chi connectivity index (χ1n) is 6.86. The Morgan fingerprint density at radius 1 is 1.24 bits per heavy atom. The Bertz CT molecular complexity index is 982. The van der Waals surface area contributed by atoms with Crippen LogP contribution in [0.25, 0.3) is 10.9 Å². The number of fused-ring (bicyclic) bond motifs is 1. The molecule has 1 aromatic heterocycles. The van der Waals surface area contributed by atoms with Crippen molar-refractivity contribution in [1.82, 2.24) is 10.2 Å². The van der Waals surface area contributed by atoms with E-state index in [0.717, 1.165) is 24.3 Å². The van der Waals surface area contributed by atoms with E-state index >= 15 is 0 Å². The number of non-ortho nitro benzene ring substituents is 1. The molecule has 0 aliphatic carbocycles. The first-order valence-corrected chi connectivity index (χ1v) is 6.86. The van der Waals surface area contributed by atoms with Gasteiger partial charge in [-0.05, 0) is 18.2 Å². The number of hydrogen-bond donors (Lipinski definition) is 2. The molecule has 0 atom stereocenters. The average molecular weight is 350 g/mol. The standard InChI is InChI=1S/C15H9F3N4O3/c16-15(17,18)9-2-1-3-10(5-9)20-14(23)12-6-11(22(24)25)4-8-7-19-21-13(8)12/h1-7H,(H,19,21)(H,20,23). The highest BCUT2D eigenvalue weighted by Crippen LogP contribution is 2.31. The highest BCUT2D eigenvalue weighted by atomic mass is 19.4. The molecule has 0 spiro atoms. The van der Waals surface area contributed by atoms with Crippen LogP contribution in [0.15, 0.2) is 42.6 Å². The van der Waals surface area contributed by atoms with E-state index in [1.807, 2.05) is 0 Å². The number of carbonyl (C=O) groups is 1. The Kier molecular flexibility index (Phi) is 3.87. The van der Waals surface area contributed by atoms with Crippen LogP contribution < -0.4 is 5.32 Å². The van der Waals surface area contributed by atoms with Gasteiger partial charge in [0, 0.05) is 23.2 Å². The second-order valence-corrected chi connectivity index (χ2v) is 5.12. The van der Waals surface area contributed by atoms with Gasteiger partial charge in [-0.3, -0.25) is 20.0 Å². The summed E-state index contributed by atoms with van der Waals surface area (Å²) in [6.45, 7) is 0. The van der Waals surface area contributed by atoms with Gasteiger partial charge in [0.2, 0.25) is 0 Å². The molecule has 2 N–H and O–H groups in total. The van der Waals surface area contributed by atoms with Gasteiger partial charge in [0.1, 0.15) is 0 Å². The molecule has 0 fully saturated rings. The lowest BCUT2D eigenvalue weighted by atomic mass is 10.1. The summed E-state index contributed by atoms with van der Waals surface area (Å²) in [6.07, 6.45) is -3.24. The third-order valence-electron chi connectivity index (χ3n) is 3.44. The van der Waals surface area contributed by atoms with Gasteiger partial charge >= 0.3 is 6.18 Å². The van der Waals surface area contributed by atoms with Crippen LogP contribution >= 0.6 is 0 Å². The zero-order valence-corrected chi connectivity index (χ0v) is 12.3. The first kappa shape index (κ1) is 16.4. The number of nitro benzene ring substituents is 1. The van der Waals surface area contributed by atoms with Crippen LogP contribution in [0.4, 0.5) is 24.5 Å². The van der Waals surface area contributed by atoms with Crippen LogP contribution in [0, 0.1) is 10.1 Å². The highest BCUT2D eigenvalue weighted by molar-refractivity contribution is 6.12. The van der Waals surface area contributed by atoms with Crippen molar-refractivity contribution >= 4 is 28.2 Å². The van der Waals surface area contributed by atoms with Crippen molar-refractivity contribution in [2.45, 2.75) is 6.18 Å². The molecule has 128 valence electrons. The molecule has 1 amide bonds. The Labute approximate surface area is 137 Å². The summed E-state index contributed by atoms with van der Waals surface area (Å²) in [7, 11) is 0. The summed E-state index contributed by atoms with van der Waals surface area (Å²) in [4.78, 5) is 22.7. The van der Waals surface area contributed by atoms with E-state index in [4.69, 9.17) is 0 Å². The molecule has 0 bridgehead atoms. The maximum absolute atomic E-state index is 12.7. The summed E-state index contributed by atoms with van der Waals surface area (Å²) in [5.74, 6) is -0.794. The fourth-order valence-corrected chi connectivity index (χ4v) is 2.30. The van der Waals surface area contributed by atoms with E-state index in [1.165, 1.54) is 18.3 Å². The zero-order valence-electron chi connectivity index (χ0n) is 12.3. The largest absolute Gasteiger partial charge is 0.416 e. The maximum Gasteiger partial charge on any atom is 0.416 e. The minimum atomic E-state index is -4.55. The number of halogens is 3. The number of amides is 1. The second kappa shape index (κ2) is 5.89. The predicted molar refractivity (Wildman–Crippen MR) is 82.1 cm³/mol. The fourth-order valence-electron chi connectivity index (χ4n) is 2.30. The van der Waals surface area contributed by atoms with Crippen LogP contribution in [0.2, 0.25) is 0 Å². The van der Waals surface area contributed by atoms with Gasteiger partial charge in [-0.25, -0.2) is 0 Å². The molecule has 0 saturated heterocycles. The third-order valence-corrected chi connectivity index (χ3v) is 3.44. The molecule has 0 unspecified atom stereocenters. The Balaban J connectivity index is 1.98. The molecule has 0 aliphatic rings. The highest BCUT2D eigenvalue weighted by Gasteiger charge is 2.30. The van der Waals surface area contributed by atoms with E-state index in [0.29, 0.717) is 5.39 Å². The minimum absolute atomic E-state index is 0.0843. The summed E-state index contributed by atoms with van der Waals surface area (Å²) in [5, 5.41) is 19.9. The van der Waals surface area contributed by atoms with Crippen LogP contribution in [0.1, 0.15) is 15.9 Å². The number of rotatable bonds is 3. The number of aromatic amines is 1. The van der Waals surface area contributed by atoms with Crippen molar-refractivity contribution in [3.05, 3.63) is 63.8 Å². The number of carbonyl (C=O) groups excluding carboxylic acids is 1. The van der Waals surface area contributed by atoms with Crippen LogP contribution in [-0.4, -0.2) is 21.0 Å². The van der Waals surface area contributed by atoms with Gasteiger partial charge in [0.05, 0.1) is 27.8 Å². The monoisotopic (exact) mass is 350 g/mol. The molecule has 7 nitrogen and oxygen atoms in total. The summed E-state index contributed by atoms with van der Waals surface area (Å²) < 4.78 is 38.2. The molecule has 10 heteroatoms. The number of nitrogens with one attached hydrogen (secondary N) is 2. The summed E-state index contributed by atoms with van der Waals surface area (Å²) in [6, 6.07) is 6.35. The van der Waals surface area contributed by atoms with Crippen LogP contribution in [-0.2, 0) is 6.18 Å². The van der Waals surface area contributed by atoms with Gasteiger partial charge in [-0.2, -0.15) is 18.3 Å². The maximum atomic E-state index is 12.7. The molecule has 1 heterocycles. The van der Waals surface area contributed by atoms with E-state index in [9.17, 15) is 28.1 Å². The second-order valence-electron chi connectivity index (χ2n) is 5.12. The van der Waals surface area contributed by atoms with Crippen LogP contribution in [0.5, 0.6) is 0 Å². The Morgan fingerprint density at radius 3 is 2.68 bits per heavy atom. The van der Waals surface area contributed by atoms with Crippen molar-refractivity contribution in [1.29, 1.82) is 0 Å². The van der Waals surface area contributed by atoms with Gasteiger partial charge < -0.3 is 5.32 Å². The number of anilines is 1. The smallest absolute Gasteiger partial charge is 0.322 e. The number of nitro groups is 1. The molecule has 0 saturated carbocycles. The molecule has 3 aromatic rings. The molecular formula is C15H9F3N4O3. The molecule has 0 aliphatic heterocycles. The first-order chi connectivity index (χ1) is 11.8. The van der Waals surface area contributed by atoms with Crippen molar-refractivity contribution in [2.24, 2.45) is 0 Å². The summed E-state index contributed by atoms with van der Waals surface area (Å²) in [5.41, 5.74) is -1.19. The molecule has 25 heavy (non-hydrogen) atoms. The van der Waals surface area contributed by atoms with Gasteiger partial charge in [-0.15, -0.1) is 0 Å². The predicted octanol–water partition coefficient (Wildman–Crippen LogP) is 3.74. The molecular weight excluding hydrogens is 341 g/mol. The number of benzene rings is 2.